The molecule has 1 saturated heterocycles. The number of nitrogens with zero attached hydrogens (tertiary/aromatic N) is 3. The van der Waals surface area contributed by atoms with Gasteiger partial charge in [-0.15, -0.1) is 11.3 Å². The normalized spacial score (nSPS) is 17.9. The molecule has 0 bridgehead atoms. The zero-order chi connectivity index (χ0) is 13.1. The predicted molar refractivity (Wildman–Crippen MR) is 80.7 cm³/mol. The largest absolute Gasteiger partial charge is 0.368 e. The Balaban J connectivity index is 1.53. The van der Waals surface area contributed by atoms with E-state index in [0.717, 1.165) is 35.0 Å². The van der Waals surface area contributed by atoms with E-state index < -0.39 is 0 Å². The third-order valence-corrected chi connectivity index (χ3v) is 4.68. The molecular weight excluding hydrogens is 256 g/mol. The minimum Gasteiger partial charge on any atom is -0.368 e. The lowest BCUT2D eigenvalue weighted by Gasteiger charge is -2.30. The Hall–Kier alpha value is -1.20. The second-order valence-corrected chi connectivity index (χ2v) is 6.21. The fourth-order valence-electron chi connectivity index (χ4n) is 2.55. The maximum absolute atomic E-state index is 4.34. The van der Waals surface area contributed by atoms with Crippen molar-refractivity contribution in [2.24, 2.45) is 5.92 Å². The van der Waals surface area contributed by atoms with Gasteiger partial charge in [0.15, 0.2) is 0 Å². The number of anilines is 1. The lowest BCUT2D eigenvalue weighted by Crippen LogP contribution is -2.36. The molecule has 2 aromatic rings. The van der Waals surface area contributed by atoms with Crippen LogP contribution in [0.3, 0.4) is 0 Å². The van der Waals surface area contributed by atoms with Crippen molar-refractivity contribution >= 4 is 27.4 Å². The number of hydrogen-bond acceptors (Lipinski definition) is 5. The van der Waals surface area contributed by atoms with Crippen molar-refractivity contribution in [2.75, 3.05) is 31.5 Å². The monoisotopic (exact) mass is 276 g/mol. The maximum Gasteiger partial charge on any atom is 0.138 e. The van der Waals surface area contributed by atoms with Crippen molar-refractivity contribution < 1.29 is 0 Å². The van der Waals surface area contributed by atoms with Crippen LogP contribution < -0.4 is 5.32 Å². The molecular formula is C14H20N4S. The van der Waals surface area contributed by atoms with Gasteiger partial charge in [-0.25, -0.2) is 9.97 Å². The molecule has 0 amide bonds. The summed E-state index contributed by atoms with van der Waals surface area (Å²) < 4.78 is 0. The molecule has 0 radical (unpaired) electrons. The van der Waals surface area contributed by atoms with E-state index in [1.54, 1.807) is 17.7 Å². The first-order valence-corrected chi connectivity index (χ1v) is 7.85. The number of rotatable bonds is 4. The highest BCUT2D eigenvalue weighted by Crippen LogP contribution is 2.23. The molecule has 3 heterocycles. The number of hydrogen-bond donors (Lipinski definition) is 1. The molecule has 1 aliphatic heterocycles. The van der Waals surface area contributed by atoms with Crippen LogP contribution in [0.2, 0.25) is 0 Å². The summed E-state index contributed by atoms with van der Waals surface area (Å²) in [5, 5.41) is 6.65. The van der Waals surface area contributed by atoms with E-state index in [9.17, 15) is 0 Å². The molecule has 2 aromatic heterocycles. The van der Waals surface area contributed by atoms with Gasteiger partial charge in [0, 0.05) is 13.1 Å². The van der Waals surface area contributed by atoms with Crippen LogP contribution in [0.25, 0.3) is 10.2 Å². The van der Waals surface area contributed by atoms with Crippen LogP contribution in [-0.2, 0) is 0 Å². The lowest BCUT2D eigenvalue weighted by atomic mass is 9.99. The number of likely N-dealkylation sites (tertiary alicyclic amines) is 1. The SMILES string of the molecule is CC1CCN(CCNc2ncnc3sccc23)CC1. The Morgan fingerprint density at radius 3 is 3.05 bits per heavy atom. The van der Waals surface area contributed by atoms with Gasteiger partial charge in [0.05, 0.1) is 5.39 Å². The molecule has 0 aliphatic carbocycles. The summed E-state index contributed by atoms with van der Waals surface area (Å²) in [5.41, 5.74) is 0. The topological polar surface area (TPSA) is 41.0 Å². The predicted octanol–water partition coefficient (Wildman–Crippen LogP) is 2.84. The van der Waals surface area contributed by atoms with Crippen molar-refractivity contribution in [1.29, 1.82) is 0 Å². The molecule has 1 fully saturated rings. The summed E-state index contributed by atoms with van der Waals surface area (Å²) in [6.07, 6.45) is 4.31. The summed E-state index contributed by atoms with van der Waals surface area (Å²) in [5.74, 6) is 1.87. The Morgan fingerprint density at radius 2 is 2.21 bits per heavy atom. The van der Waals surface area contributed by atoms with Crippen molar-refractivity contribution in [1.82, 2.24) is 14.9 Å². The van der Waals surface area contributed by atoms with Crippen LogP contribution in [-0.4, -0.2) is 41.0 Å². The summed E-state index contributed by atoms with van der Waals surface area (Å²) >= 11 is 1.66. The van der Waals surface area contributed by atoms with Gasteiger partial charge < -0.3 is 10.2 Å². The first kappa shape index (κ1) is 12.8. The molecule has 19 heavy (non-hydrogen) atoms. The number of nitrogens with one attached hydrogen (secondary N) is 1. The van der Waals surface area contributed by atoms with Crippen molar-refractivity contribution in [2.45, 2.75) is 19.8 Å². The Labute approximate surface area is 117 Å². The van der Waals surface area contributed by atoms with Gasteiger partial charge in [0.2, 0.25) is 0 Å². The second-order valence-electron chi connectivity index (χ2n) is 5.31. The number of thiophene rings is 1. The van der Waals surface area contributed by atoms with E-state index in [2.05, 4.69) is 38.6 Å². The molecule has 4 nitrogen and oxygen atoms in total. The summed E-state index contributed by atoms with van der Waals surface area (Å²) in [6.45, 7) is 6.88. The highest BCUT2D eigenvalue weighted by atomic mass is 32.1. The van der Waals surface area contributed by atoms with E-state index in [1.165, 1.54) is 25.9 Å². The molecule has 0 atom stereocenters. The molecule has 102 valence electrons. The molecule has 0 spiro atoms. The molecule has 0 saturated carbocycles. The van der Waals surface area contributed by atoms with Gasteiger partial charge in [-0.05, 0) is 43.3 Å². The minimum atomic E-state index is 0.900. The Bertz CT molecular complexity index is 531. The maximum atomic E-state index is 4.34. The summed E-state index contributed by atoms with van der Waals surface area (Å²) in [7, 11) is 0. The number of piperidine rings is 1. The number of aromatic nitrogens is 2. The third-order valence-electron chi connectivity index (χ3n) is 3.86. The van der Waals surface area contributed by atoms with Gasteiger partial charge >= 0.3 is 0 Å². The van der Waals surface area contributed by atoms with Crippen LogP contribution in [0.4, 0.5) is 5.82 Å². The lowest BCUT2D eigenvalue weighted by molar-refractivity contribution is 0.199. The van der Waals surface area contributed by atoms with Gasteiger partial charge in [0.1, 0.15) is 17.0 Å². The average Bonchev–Trinajstić information content (AvgIpc) is 2.90. The molecule has 0 aromatic carbocycles. The van der Waals surface area contributed by atoms with E-state index >= 15 is 0 Å². The first-order chi connectivity index (χ1) is 9.33. The first-order valence-electron chi connectivity index (χ1n) is 6.97. The van der Waals surface area contributed by atoms with Crippen LogP contribution in [0.15, 0.2) is 17.8 Å². The van der Waals surface area contributed by atoms with E-state index in [1.807, 2.05) is 0 Å². The standard InChI is InChI=1S/C14H20N4S/c1-11-2-6-18(7-3-11)8-5-15-13-12-4-9-19-14(12)17-10-16-13/h4,9-11H,2-3,5-8H2,1H3,(H,15,16,17). The minimum absolute atomic E-state index is 0.900. The van der Waals surface area contributed by atoms with Crippen LogP contribution in [0.1, 0.15) is 19.8 Å². The average molecular weight is 276 g/mol. The zero-order valence-electron chi connectivity index (χ0n) is 11.3. The molecule has 3 rings (SSSR count). The van der Waals surface area contributed by atoms with E-state index in [0.29, 0.717) is 0 Å². The second kappa shape index (κ2) is 5.84. The van der Waals surface area contributed by atoms with Gasteiger partial charge in [-0.3, -0.25) is 0 Å². The highest BCUT2D eigenvalue weighted by molar-refractivity contribution is 7.16. The Morgan fingerprint density at radius 1 is 1.37 bits per heavy atom. The quantitative estimate of drug-likeness (QED) is 0.932. The van der Waals surface area contributed by atoms with Crippen LogP contribution in [0, 0.1) is 5.92 Å². The van der Waals surface area contributed by atoms with Gasteiger partial charge in [-0.1, -0.05) is 6.92 Å². The Kier molecular flexibility index (Phi) is 3.94. The van der Waals surface area contributed by atoms with Crippen molar-refractivity contribution in [3.63, 3.8) is 0 Å². The molecule has 0 unspecified atom stereocenters. The fraction of sp³-hybridized carbons (Fsp3) is 0.571. The highest BCUT2D eigenvalue weighted by Gasteiger charge is 2.15. The summed E-state index contributed by atoms with van der Waals surface area (Å²) in [4.78, 5) is 12.2. The fourth-order valence-corrected chi connectivity index (χ4v) is 3.28. The zero-order valence-corrected chi connectivity index (χ0v) is 12.1. The molecule has 1 N–H and O–H groups in total. The number of fused-ring (bicyclic) bond motifs is 1. The van der Waals surface area contributed by atoms with E-state index in [-0.39, 0.29) is 0 Å². The van der Waals surface area contributed by atoms with Gasteiger partial charge in [0.25, 0.3) is 0 Å². The van der Waals surface area contributed by atoms with Crippen LogP contribution in [0.5, 0.6) is 0 Å². The molecule has 1 aliphatic rings. The smallest absolute Gasteiger partial charge is 0.138 e. The third kappa shape index (κ3) is 3.04. The summed E-state index contributed by atoms with van der Waals surface area (Å²) in [6, 6.07) is 2.09. The van der Waals surface area contributed by atoms with Crippen molar-refractivity contribution in [3.8, 4) is 0 Å². The van der Waals surface area contributed by atoms with Crippen LogP contribution >= 0.6 is 11.3 Å². The van der Waals surface area contributed by atoms with E-state index in [4.69, 9.17) is 0 Å². The van der Waals surface area contributed by atoms with Gasteiger partial charge in [-0.2, -0.15) is 0 Å². The van der Waals surface area contributed by atoms with Crippen molar-refractivity contribution in [3.05, 3.63) is 17.8 Å². The molecule has 5 heteroatoms.